The van der Waals surface area contributed by atoms with Gasteiger partial charge in [0.25, 0.3) is 0 Å². The van der Waals surface area contributed by atoms with E-state index in [1.54, 1.807) is 13.2 Å². The van der Waals surface area contributed by atoms with Crippen molar-refractivity contribution in [2.45, 2.75) is 6.61 Å². The van der Waals surface area contributed by atoms with Crippen molar-refractivity contribution in [3.8, 4) is 16.3 Å². The molecule has 2 heterocycles. The van der Waals surface area contributed by atoms with Crippen molar-refractivity contribution >= 4 is 28.2 Å². The van der Waals surface area contributed by atoms with E-state index in [0.29, 0.717) is 11.4 Å². The smallest absolute Gasteiger partial charge is 0.357 e. The van der Waals surface area contributed by atoms with E-state index in [1.807, 2.05) is 60.0 Å². The molecule has 0 bridgehead atoms. The molecule has 0 saturated heterocycles. The predicted octanol–water partition coefficient (Wildman–Crippen LogP) is 4.72. The summed E-state index contributed by atoms with van der Waals surface area (Å²) in [7, 11) is 1.63. The summed E-state index contributed by atoms with van der Waals surface area (Å²) in [4.78, 5) is 21.2. The minimum Gasteiger partial charge on any atom is -0.497 e. The van der Waals surface area contributed by atoms with Crippen LogP contribution in [0.2, 0.25) is 0 Å². The summed E-state index contributed by atoms with van der Waals surface area (Å²) in [6.45, 7) is 0.111. The van der Waals surface area contributed by atoms with E-state index in [1.165, 1.54) is 11.3 Å². The monoisotopic (exact) mass is 376 g/mol. The third-order valence-corrected chi connectivity index (χ3v) is 4.99. The van der Waals surface area contributed by atoms with Crippen molar-refractivity contribution in [2.24, 2.45) is 0 Å². The lowest BCUT2D eigenvalue weighted by Gasteiger charge is -2.04. The number of carbonyl (C=O) groups is 1. The number of methoxy groups -OCH3 is 1. The molecule has 0 amide bonds. The second kappa shape index (κ2) is 7.55. The average Bonchev–Trinajstić information content (AvgIpc) is 3.21. The quantitative estimate of drug-likeness (QED) is 0.472. The summed E-state index contributed by atoms with van der Waals surface area (Å²) in [5.41, 5.74) is 2.76. The molecule has 0 aliphatic heterocycles. The Morgan fingerprint density at radius 3 is 2.63 bits per heavy atom. The highest BCUT2D eigenvalue weighted by atomic mass is 32.1. The van der Waals surface area contributed by atoms with Crippen LogP contribution < -0.4 is 4.74 Å². The van der Waals surface area contributed by atoms with Crippen LogP contribution in [-0.4, -0.2) is 23.0 Å². The van der Waals surface area contributed by atoms with Gasteiger partial charge in [-0.05, 0) is 36.4 Å². The number of nitrogens with zero attached hydrogens (tertiary/aromatic N) is 2. The van der Waals surface area contributed by atoms with Crippen LogP contribution in [0.3, 0.4) is 0 Å². The standard InChI is InChI=1S/C21H16N2O3S/c1-25-17-9-6-15(7-10-17)20-22-16(13-27-20)12-26-21(24)19-11-8-14-4-2-3-5-18(14)23-19/h2-11,13H,12H2,1H3. The molecule has 0 fully saturated rings. The van der Waals surface area contributed by atoms with Gasteiger partial charge >= 0.3 is 5.97 Å². The second-order valence-electron chi connectivity index (χ2n) is 5.84. The summed E-state index contributed by atoms with van der Waals surface area (Å²) in [5, 5.41) is 3.74. The highest BCUT2D eigenvalue weighted by Crippen LogP contribution is 2.26. The maximum absolute atomic E-state index is 12.3. The number of hydrogen-bond donors (Lipinski definition) is 0. The van der Waals surface area contributed by atoms with Crippen molar-refractivity contribution in [3.63, 3.8) is 0 Å². The van der Waals surface area contributed by atoms with E-state index in [4.69, 9.17) is 9.47 Å². The molecule has 6 heteroatoms. The van der Waals surface area contributed by atoms with Crippen LogP contribution in [-0.2, 0) is 11.3 Å². The molecule has 5 nitrogen and oxygen atoms in total. The zero-order valence-corrected chi connectivity index (χ0v) is 15.4. The van der Waals surface area contributed by atoms with Gasteiger partial charge in [-0.2, -0.15) is 0 Å². The number of thiazole rings is 1. The van der Waals surface area contributed by atoms with Gasteiger partial charge in [0.05, 0.1) is 18.3 Å². The Hall–Kier alpha value is -3.25. The fourth-order valence-corrected chi connectivity index (χ4v) is 3.44. The lowest BCUT2D eigenvalue weighted by atomic mass is 10.2. The minimum atomic E-state index is -0.459. The first-order chi connectivity index (χ1) is 13.2. The Labute approximate surface area is 160 Å². The molecule has 0 N–H and O–H groups in total. The molecule has 0 atom stereocenters. The van der Waals surface area contributed by atoms with Gasteiger partial charge in [0, 0.05) is 16.3 Å². The number of pyridine rings is 1. The maximum atomic E-state index is 12.3. The molecule has 0 aliphatic carbocycles. The number of para-hydroxylation sites is 1. The summed E-state index contributed by atoms with van der Waals surface area (Å²) in [5.74, 6) is 0.340. The van der Waals surface area contributed by atoms with Gasteiger partial charge in [0.15, 0.2) is 0 Å². The van der Waals surface area contributed by atoms with E-state index < -0.39 is 5.97 Å². The second-order valence-corrected chi connectivity index (χ2v) is 6.70. The molecule has 4 rings (SSSR count). The average molecular weight is 376 g/mol. The molecule has 0 radical (unpaired) electrons. The van der Waals surface area contributed by atoms with Crippen LogP contribution >= 0.6 is 11.3 Å². The highest BCUT2D eigenvalue weighted by Gasteiger charge is 2.12. The van der Waals surface area contributed by atoms with E-state index in [0.717, 1.165) is 27.2 Å². The van der Waals surface area contributed by atoms with Crippen molar-refractivity contribution in [3.05, 3.63) is 77.4 Å². The molecular formula is C21H16N2O3S. The van der Waals surface area contributed by atoms with Crippen LogP contribution in [0, 0.1) is 0 Å². The van der Waals surface area contributed by atoms with E-state index in [2.05, 4.69) is 9.97 Å². The molecular weight excluding hydrogens is 360 g/mol. The number of fused-ring (bicyclic) bond motifs is 1. The molecule has 0 aliphatic rings. The van der Waals surface area contributed by atoms with E-state index in [-0.39, 0.29) is 6.61 Å². The Bertz CT molecular complexity index is 1090. The van der Waals surface area contributed by atoms with Gasteiger partial charge in [-0.3, -0.25) is 0 Å². The van der Waals surface area contributed by atoms with Gasteiger partial charge in [-0.15, -0.1) is 11.3 Å². The Morgan fingerprint density at radius 1 is 1.00 bits per heavy atom. The summed E-state index contributed by atoms with van der Waals surface area (Å²) in [6, 6.07) is 18.9. The van der Waals surface area contributed by atoms with Crippen molar-refractivity contribution in [1.29, 1.82) is 0 Å². The molecule has 0 unspecified atom stereocenters. The van der Waals surface area contributed by atoms with Gasteiger partial charge in [0.2, 0.25) is 0 Å². The zero-order chi connectivity index (χ0) is 18.6. The number of rotatable bonds is 5. The fraction of sp³-hybridized carbons (Fsp3) is 0.0952. The third-order valence-electron chi connectivity index (χ3n) is 4.05. The van der Waals surface area contributed by atoms with E-state index >= 15 is 0 Å². The highest BCUT2D eigenvalue weighted by molar-refractivity contribution is 7.13. The van der Waals surface area contributed by atoms with Crippen LogP contribution in [0.4, 0.5) is 0 Å². The van der Waals surface area contributed by atoms with E-state index in [9.17, 15) is 4.79 Å². The number of esters is 1. The topological polar surface area (TPSA) is 61.3 Å². The fourth-order valence-electron chi connectivity index (χ4n) is 2.63. The molecule has 0 spiro atoms. The molecule has 2 aromatic heterocycles. The first kappa shape index (κ1) is 17.2. The van der Waals surface area contributed by atoms with Gasteiger partial charge in [0.1, 0.15) is 23.1 Å². The molecule has 2 aromatic carbocycles. The Kier molecular flexibility index (Phi) is 4.80. The van der Waals surface area contributed by atoms with Crippen molar-refractivity contribution in [1.82, 2.24) is 9.97 Å². The van der Waals surface area contributed by atoms with Crippen molar-refractivity contribution < 1.29 is 14.3 Å². The largest absolute Gasteiger partial charge is 0.497 e. The van der Waals surface area contributed by atoms with Gasteiger partial charge in [-0.25, -0.2) is 14.8 Å². The lowest BCUT2D eigenvalue weighted by Crippen LogP contribution is -2.07. The zero-order valence-electron chi connectivity index (χ0n) is 14.6. The van der Waals surface area contributed by atoms with Crippen LogP contribution in [0.25, 0.3) is 21.5 Å². The molecule has 134 valence electrons. The maximum Gasteiger partial charge on any atom is 0.357 e. The lowest BCUT2D eigenvalue weighted by molar-refractivity contribution is 0.0462. The Morgan fingerprint density at radius 2 is 1.81 bits per heavy atom. The number of benzene rings is 2. The summed E-state index contributed by atoms with van der Waals surface area (Å²) < 4.78 is 10.5. The number of ether oxygens (including phenoxy) is 2. The molecule has 27 heavy (non-hydrogen) atoms. The summed E-state index contributed by atoms with van der Waals surface area (Å²) >= 11 is 1.51. The van der Waals surface area contributed by atoms with Crippen LogP contribution in [0.5, 0.6) is 5.75 Å². The summed E-state index contributed by atoms with van der Waals surface area (Å²) in [6.07, 6.45) is 0. The number of carbonyl (C=O) groups excluding carboxylic acids is 1. The van der Waals surface area contributed by atoms with Gasteiger partial charge in [-0.1, -0.05) is 24.3 Å². The third kappa shape index (κ3) is 3.80. The SMILES string of the molecule is COc1ccc(-c2nc(COC(=O)c3ccc4ccccc4n3)cs2)cc1. The predicted molar refractivity (Wildman–Crippen MR) is 105 cm³/mol. The van der Waals surface area contributed by atoms with Crippen molar-refractivity contribution in [2.75, 3.05) is 7.11 Å². The van der Waals surface area contributed by atoms with Gasteiger partial charge < -0.3 is 9.47 Å². The Balaban J connectivity index is 1.43. The normalized spacial score (nSPS) is 10.7. The first-order valence-corrected chi connectivity index (χ1v) is 9.22. The number of aromatic nitrogens is 2. The number of hydrogen-bond acceptors (Lipinski definition) is 6. The molecule has 4 aromatic rings. The molecule has 0 saturated carbocycles. The first-order valence-electron chi connectivity index (χ1n) is 8.35. The minimum absolute atomic E-state index is 0.111. The van der Waals surface area contributed by atoms with Crippen LogP contribution in [0.1, 0.15) is 16.2 Å². The van der Waals surface area contributed by atoms with Crippen LogP contribution in [0.15, 0.2) is 66.0 Å².